The summed E-state index contributed by atoms with van der Waals surface area (Å²) in [6.45, 7) is 0. The molecule has 21 heavy (non-hydrogen) atoms. The third kappa shape index (κ3) is 2.71. The van der Waals surface area contributed by atoms with Crippen LogP contribution in [0.5, 0.6) is 0 Å². The summed E-state index contributed by atoms with van der Waals surface area (Å²) in [5.74, 6) is -2.25. The van der Waals surface area contributed by atoms with E-state index in [1.807, 2.05) is 12.1 Å². The van der Waals surface area contributed by atoms with Crippen LogP contribution >= 0.6 is 0 Å². The Balaban J connectivity index is 1.85. The number of hydrogen-bond donors (Lipinski definition) is 0. The van der Waals surface area contributed by atoms with Crippen LogP contribution in [0.2, 0.25) is 0 Å². The predicted molar refractivity (Wildman–Crippen MR) is 75.0 cm³/mol. The van der Waals surface area contributed by atoms with E-state index in [1.54, 1.807) is 6.20 Å². The first-order chi connectivity index (χ1) is 10.2. The van der Waals surface area contributed by atoms with E-state index in [-0.39, 0.29) is 23.7 Å². The highest BCUT2D eigenvalue weighted by Crippen LogP contribution is 2.31. The lowest BCUT2D eigenvalue weighted by Gasteiger charge is -2.23. The molecule has 0 fully saturated rings. The standard InChI is InChI=1S/C17H15F2NO/c18-14-8-2-5-12(16(14)19)10-15(21)13-7-1-4-11-6-3-9-20-17(11)13/h2-3,5-6,8-9,13H,1,4,7,10H2. The number of aryl methyl sites for hydroxylation is 1. The van der Waals surface area contributed by atoms with Crippen molar-refractivity contribution >= 4 is 5.78 Å². The minimum absolute atomic E-state index is 0.0930. The quantitative estimate of drug-likeness (QED) is 0.863. The molecule has 0 bridgehead atoms. The van der Waals surface area contributed by atoms with Gasteiger partial charge >= 0.3 is 0 Å². The summed E-state index contributed by atoms with van der Waals surface area (Å²) < 4.78 is 26.9. The molecule has 0 saturated carbocycles. The molecule has 108 valence electrons. The van der Waals surface area contributed by atoms with Gasteiger partial charge in [-0.05, 0) is 42.5 Å². The van der Waals surface area contributed by atoms with Crippen molar-refractivity contribution in [1.29, 1.82) is 0 Å². The predicted octanol–water partition coefficient (Wildman–Crippen LogP) is 3.59. The van der Waals surface area contributed by atoms with E-state index in [0.29, 0.717) is 0 Å². The number of ketones is 1. The fourth-order valence-electron chi connectivity index (χ4n) is 2.92. The molecule has 0 N–H and O–H groups in total. The zero-order valence-corrected chi connectivity index (χ0v) is 11.5. The van der Waals surface area contributed by atoms with Crippen LogP contribution in [0.3, 0.4) is 0 Å². The molecule has 1 aliphatic rings. The number of pyridine rings is 1. The Kier molecular flexibility index (Phi) is 3.78. The molecule has 1 aromatic heterocycles. The van der Waals surface area contributed by atoms with Gasteiger partial charge in [-0.2, -0.15) is 0 Å². The monoisotopic (exact) mass is 287 g/mol. The molecule has 2 nitrogen and oxygen atoms in total. The number of carbonyl (C=O) groups is 1. The van der Waals surface area contributed by atoms with E-state index in [2.05, 4.69) is 4.98 Å². The largest absolute Gasteiger partial charge is 0.299 e. The number of fused-ring (bicyclic) bond motifs is 1. The number of Topliss-reactive ketones (excluding diaryl/α,β-unsaturated/α-hetero) is 1. The summed E-state index contributed by atoms with van der Waals surface area (Å²) in [5.41, 5.74) is 2.00. The number of nitrogens with zero attached hydrogens (tertiary/aromatic N) is 1. The highest BCUT2D eigenvalue weighted by Gasteiger charge is 2.28. The molecule has 0 radical (unpaired) electrons. The van der Waals surface area contributed by atoms with E-state index in [9.17, 15) is 13.6 Å². The molecule has 2 aromatic rings. The number of hydrogen-bond acceptors (Lipinski definition) is 2. The average molecular weight is 287 g/mol. The molecule has 0 aliphatic heterocycles. The number of rotatable bonds is 3. The van der Waals surface area contributed by atoms with Gasteiger partial charge in [-0.3, -0.25) is 9.78 Å². The molecule has 0 spiro atoms. The van der Waals surface area contributed by atoms with Gasteiger partial charge in [0.15, 0.2) is 11.6 Å². The molecule has 1 aromatic carbocycles. The fraction of sp³-hybridized carbons (Fsp3) is 0.294. The lowest BCUT2D eigenvalue weighted by molar-refractivity contribution is -0.120. The van der Waals surface area contributed by atoms with E-state index in [1.165, 1.54) is 12.1 Å². The van der Waals surface area contributed by atoms with E-state index in [0.717, 1.165) is 36.6 Å². The van der Waals surface area contributed by atoms with Gasteiger partial charge < -0.3 is 0 Å². The Morgan fingerprint density at radius 3 is 2.95 bits per heavy atom. The Labute approximate surface area is 121 Å². The zero-order chi connectivity index (χ0) is 14.8. The van der Waals surface area contributed by atoms with Crippen LogP contribution in [0.4, 0.5) is 8.78 Å². The van der Waals surface area contributed by atoms with Gasteiger partial charge in [0.25, 0.3) is 0 Å². The number of aromatic nitrogens is 1. The zero-order valence-electron chi connectivity index (χ0n) is 11.5. The van der Waals surface area contributed by atoms with Crippen molar-refractivity contribution in [3.63, 3.8) is 0 Å². The lowest BCUT2D eigenvalue weighted by atomic mass is 9.82. The van der Waals surface area contributed by atoms with E-state index >= 15 is 0 Å². The van der Waals surface area contributed by atoms with Gasteiger partial charge in [0, 0.05) is 12.6 Å². The Morgan fingerprint density at radius 1 is 1.24 bits per heavy atom. The van der Waals surface area contributed by atoms with Gasteiger partial charge in [-0.1, -0.05) is 18.2 Å². The van der Waals surface area contributed by atoms with E-state index < -0.39 is 11.6 Å². The normalized spacial score (nSPS) is 17.3. The van der Waals surface area contributed by atoms with E-state index in [4.69, 9.17) is 0 Å². The van der Waals surface area contributed by atoms with Crippen LogP contribution in [-0.4, -0.2) is 10.8 Å². The van der Waals surface area contributed by atoms with Crippen LogP contribution in [0.25, 0.3) is 0 Å². The number of carbonyl (C=O) groups excluding carboxylic acids is 1. The Hall–Kier alpha value is -2.10. The van der Waals surface area contributed by atoms with Crippen molar-refractivity contribution in [1.82, 2.24) is 4.98 Å². The summed E-state index contributed by atoms with van der Waals surface area (Å²) in [6, 6.07) is 7.77. The molecular formula is C17H15F2NO. The highest BCUT2D eigenvalue weighted by molar-refractivity contribution is 5.87. The van der Waals surface area contributed by atoms with Crippen LogP contribution in [0.1, 0.15) is 35.6 Å². The molecule has 0 saturated heterocycles. The summed E-state index contributed by atoms with van der Waals surface area (Å²) >= 11 is 0. The second kappa shape index (κ2) is 5.72. The summed E-state index contributed by atoms with van der Waals surface area (Å²) in [5, 5.41) is 0. The molecule has 3 rings (SSSR count). The third-order valence-electron chi connectivity index (χ3n) is 3.98. The van der Waals surface area contributed by atoms with Gasteiger partial charge in [-0.25, -0.2) is 8.78 Å². The summed E-state index contributed by atoms with van der Waals surface area (Å²) in [6.07, 6.45) is 4.14. The van der Waals surface area contributed by atoms with Crippen LogP contribution in [0, 0.1) is 11.6 Å². The first kappa shape index (κ1) is 13.9. The lowest BCUT2D eigenvalue weighted by Crippen LogP contribution is -2.22. The second-order valence-electron chi connectivity index (χ2n) is 5.35. The first-order valence-electron chi connectivity index (χ1n) is 7.06. The highest BCUT2D eigenvalue weighted by atomic mass is 19.2. The molecule has 1 unspecified atom stereocenters. The summed E-state index contributed by atoms with van der Waals surface area (Å²) in [7, 11) is 0. The second-order valence-corrected chi connectivity index (χ2v) is 5.35. The maximum atomic E-state index is 13.7. The molecule has 1 heterocycles. The van der Waals surface area contributed by atoms with Crippen molar-refractivity contribution in [2.75, 3.05) is 0 Å². The van der Waals surface area contributed by atoms with Crippen molar-refractivity contribution in [2.45, 2.75) is 31.6 Å². The van der Waals surface area contributed by atoms with Crippen molar-refractivity contribution in [3.8, 4) is 0 Å². The average Bonchev–Trinajstić information content (AvgIpc) is 2.51. The topological polar surface area (TPSA) is 30.0 Å². The van der Waals surface area contributed by atoms with Crippen molar-refractivity contribution < 1.29 is 13.6 Å². The number of halogens is 2. The molecular weight excluding hydrogens is 272 g/mol. The minimum Gasteiger partial charge on any atom is -0.299 e. The maximum absolute atomic E-state index is 13.7. The molecule has 1 aliphatic carbocycles. The fourth-order valence-corrected chi connectivity index (χ4v) is 2.92. The van der Waals surface area contributed by atoms with Crippen molar-refractivity contribution in [2.24, 2.45) is 0 Å². The van der Waals surface area contributed by atoms with Crippen LogP contribution in [0.15, 0.2) is 36.5 Å². The molecule has 4 heteroatoms. The smallest absolute Gasteiger partial charge is 0.162 e. The van der Waals surface area contributed by atoms with Crippen LogP contribution < -0.4 is 0 Å². The van der Waals surface area contributed by atoms with Gasteiger partial charge in [0.2, 0.25) is 0 Å². The summed E-state index contributed by atoms with van der Waals surface area (Å²) in [4.78, 5) is 16.8. The minimum atomic E-state index is -0.928. The molecule has 0 amide bonds. The SMILES string of the molecule is O=C(Cc1cccc(F)c1F)C1CCCc2cccnc21. The van der Waals surface area contributed by atoms with Gasteiger partial charge in [0.1, 0.15) is 5.78 Å². The maximum Gasteiger partial charge on any atom is 0.162 e. The molecule has 1 atom stereocenters. The van der Waals surface area contributed by atoms with Gasteiger partial charge in [0.05, 0.1) is 11.6 Å². The van der Waals surface area contributed by atoms with Gasteiger partial charge in [-0.15, -0.1) is 0 Å². The Morgan fingerprint density at radius 2 is 2.10 bits per heavy atom. The Bertz CT molecular complexity index is 684. The number of benzene rings is 1. The van der Waals surface area contributed by atoms with Crippen molar-refractivity contribution in [3.05, 3.63) is 65.0 Å². The third-order valence-corrected chi connectivity index (χ3v) is 3.98. The van der Waals surface area contributed by atoms with Crippen LogP contribution in [-0.2, 0) is 17.6 Å². The first-order valence-corrected chi connectivity index (χ1v) is 7.06.